The summed E-state index contributed by atoms with van der Waals surface area (Å²) >= 11 is 0. The second-order valence-electron chi connectivity index (χ2n) is 2.98. The van der Waals surface area contributed by atoms with E-state index < -0.39 is 0 Å². The maximum atomic E-state index is 4.29. The second kappa shape index (κ2) is 2.53. The van der Waals surface area contributed by atoms with Crippen molar-refractivity contribution in [2.45, 2.75) is 25.8 Å². The minimum Gasteiger partial charge on any atom is -0.347 e. The molecule has 2 aliphatic rings. The van der Waals surface area contributed by atoms with Crippen molar-refractivity contribution in [1.29, 1.82) is 0 Å². The minimum absolute atomic E-state index is 0.385. The van der Waals surface area contributed by atoms with Gasteiger partial charge in [0, 0.05) is 5.70 Å². The molecule has 2 nitrogen and oxygen atoms in total. The van der Waals surface area contributed by atoms with Crippen molar-refractivity contribution in [1.82, 2.24) is 5.32 Å². The average molecular weight is 148 g/mol. The van der Waals surface area contributed by atoms with Crippen LogP contribution >= 0.6 is 0 Å². The predicted octanol–water partition coefficient (Wildman–Crippen LogP) is 1.61. The first kappa shape index (κ1) is 6.65. The Bertz CT molecular complexity index is 248. The SMILES string of the molecule is CC1N=CNC2=C1CCC=C2. The average Bonchev–Trinajstić information content (AvgIpc) is 2.06. The summed E-state index contributed by atoms with van der Waals surface area (Å²) in [5.41, 5.74) is 2.72. The van der Waals surface area contributed by atoms with E-state index in [9.17, 15) is 0 Å². The third kappa shape index (κ3) is 1.09. The van der Waals surface area contributed by atoms with Gasteiger partial charge in [0.15, 0.2) is 0 Å². The number of allylic oxidation sites excluding steroid dienone is 2. The lowest BCUT2D eigenvalue weighted by atomic mass is 9.96. The van der Waals surface area contributed by atoms with Gasteiger partial charge >= 0.3 is 0 Å². The lowest BCUT2D eigenvalue weighted by Crippen LogP contribution is -2.23. The van der Waals surface area contributed by atoms with Gasteiger partial charge < -0.3 is 5.32 Å². The van der Waals surface area contributed by atoms with E-state index in [1.165, 1.54) is 17.7 Å². The topological polar surface area (TPSA) is 24.4 Å². The van der Waals surface area contributed by atoms with Crippen LogP contribution in [-0.4, -0.2) is 12.4 Å². The fourth-order valence-electron chi connectivity index (χ4n) is 1.57. The standard InChI is InChI=1S/C9H12N2/c1-7-8-4-2-3-5-9(8)11-6-10-7/h3,5-7H,2,4H2,1H3,(H,10,11). The quantitative estimate of drug-likeness (QED) is 0.554. The lowest BCUT2D eigenvalue weighted by Gasteiger charge is -2.22. The molecule has 0 fully saturated rings. The van der Waals surface area contributed by atoms with Crippen LogP contribution in [-0.2, 0) is 0 Å². The van der Waals surface area contributed by atoms with Crippen LogP contribution in [0.5, 0.6) is 0 Å². The first-order chi connectivity index (χ1) is 5.38. The van der Waals surface area contributed by atoms with Gasteiger partial charge in [0.25, 0.3) is 0 Å². The van der Waals surface area contributed by atoms with E-state index in [4.69, 9.17) is 0 Å². The number of nitrogens with zero attached hydrogens (tertiary/aromatic N) is 1. The van der Waals surface area contributed by atoms with Crippen LogP contribution in [0, 0.1) is 0 Å². The van der Waals surface area contributed by atoms with Crippen LogP contribution in [0.15, 0.2) is 28.4 Å². The Labute approximate surface area is 66.7 Å². The number of aliphatic imine (C=N–C) groups is 1. The smallest absolute Gasteiger partial charge is 0.0875 e. The van der Waals surface area contributed by atoms with Crippen molar-refractivity contribution in [2.75, 3.05) is 0 Å². The summed E-state index contributed by atoms with van der Waals surface area (Å²) in [5.74, 6) is 0. The Balaban J connectivity index is 2.31. The van der Waals surface area contributed by atoms with Crippen LogP contribution in [0.1, 0.15) is 19.8 Å². The van der Waals surface area contributed by atoms with Gasteiger partial charge in [-0.1, -0.05) is 6.08 Å². The van der Waals surface area contributed by atoms with E-state index in [1.807, 2.05) is 0 Å². The van der Waals surface area contributed by atoms with Crippen LogP contribution in [0.25, 0.3) is 0 Å². The molecule has 0 saturated heterocycles. The second-order valence-corrected chi connectivity index (χ2v) is 2.98. The molecule has 1 atom stereocenters. The Morgan fingerprint density at radius 1 is 1.64 bits per heavy atom. The molecule has 1 unspecified atom stereocenters. The molecule has 0 bridgehead atoms. The van der Waals surface area contributed by atoms with E-state index in [1.54, 1.807) is 6.34 Å². The molecular weight excluding hydrogens is 136 g/mol. The van der Waals surface area contributed by atoms with Gasteiger partial charge in [0.2, 0.25) is 0 Å². The molecule has 0 radical (unpaired) electrons. The summed E-state index contributed by atoms with van der Waals surface area (Å²) in [6.45, 7) is 2.14. The molecule has 11 heavy (non-hydrogen) atoms. The van der Waals surface area contributed by atoms with Gasteiger partial charge in [-0.2, -0.15) is 0 Å². The summed E-state index contributed by atoms with van der Waals surface area (Å²) in [4.78, 5) is 4.29. The van der Waals surface area contributed by atoms with Gasteiger partial charge in [0.05, 0.1) is 12.4 Å². The fourth-order valence-corrected chi connectivity index (χ4v) is 1.57. The van der Waals surface area contributed by atoms with Gasteiger partial charge in [-0.05, 0) is 31.4 Å². The number of hydrogen-bond acceptors (Lipinski definition) is 2. The molecule has 1 aliphatic carbocycles. The molecule has 1 aliphatic heterocycles. The van der Waals surface area contributed by atoms with Gasteiger partial charge in [-0.15, -0.1) is 0 Å². The Kier molecular flexibility index (Phi) is 1.53. The molecule has 0 aromatic carbocycles. The predicted molar refractivity (Wildman–Crippen MR) is 46.5 cm³/mol. The molecule has 0 amide bonds. The highest BCUT2D eigenvalue weighted by Gasteiger charge is 2.15. The molecule has 2 rings (SSSR count). The van der Waals surface area contributed by atoms with Crippen molar-refractivity contribution in [3.8, 4) is 0 Å². The molecule has 1 N–H and O–H groups in total. The van der Waals surface area contributed by atoms with Gasteiger partial charge in [-0.3, -0.25) is 4.99 Å². The third-order valence-corrected chi connectivity index (χ3v) is 2.23. The molecule has 58 valence electrons. The van der Waals surface area contributed by atoms with Crippen LogP contribution in [0.3, 0.4) is 0 Å². The van der Waals surface area contributed by atoms with Gasteiger partial charge in [0.1, 0.15) is 0 Å². The van der Waals surface area contributed by atoms with Crippen molar-refractivity contribution in [3.63, 3.8) is 0 Å². The molecule has 0 spiro atoms. The fraction of sp³-hybridized carbons (Fsp3) is 0.444. The minimum atomic E-state index is 0.385. The highest BCUT2D eigenvalue weighted by atomic mass is 15.0. The maximum Gasteiger partial charge on any atom is 0.0875 e. The molecule has 1 heterocycles. The summed E-state index contributed by atoms with van der Waals surface area (Å²) < 4.78 is 0. The number of rotatable bonds is 0. The van der Waals surface area contributed by atoms with Crippen LogP contribution in [0.2, 0.25) is 0 Å². The van der Waals surface area contributed by atoms with Crippen LogP contribution < -0.4 is 5.32 Å². The third-order valence-electron chi connectivity index (χ3n) is 2.23. The highest BCUT2D eigenvalue weighted by Crippen LogP contribution is 2.23. The monoisotopic (exact) mass is 148 g/mol. The van der Waals surface area contributed by atoms with Crippen molar-refractivity contribution >= 4 is 6.34 Å². The summed E-state index contributed by atoms with van der Waals surface area (Å²) in [7, 11) is 0. The van der Waals surface area contributed by atoms with Crippen molar-refractivity contribution in [2.24, 2.45) is 4.99 Å². The van der Waals surface area contributed by atoms with Gasteiger partial charge in [-0.25, -0.2) is 0 Å². The molecular formula is C9H12N2. The Morgan fingerprint density at radius 3 is 3.36 bits per heavy atom. The van der Waals surface area contributed by atoms with E-state index >= 15 is 0 Å². The molecule has 0 aromatic rings. The van der Waals surface area contributed by atoms with Crippen molar-refractivity contribution in [3.05, 3.63) is 23.4 Å². The number of hydrogen-bond donors (Lipinski definition) is 1. The Hall–Kier alpha value is -1.05. The zero-order valence-corrected chi connectivity index (χ0v) is 6.67. The molecule has 2 heteroatoms. The van der Waals surface area contributed by atoms with E-state index in [-0.39, 0.29) is 0 Å². The van der Waals surface area contributed by atoms with E-state index in [2.05, 4.69) is 29.4 Å². The maximum absolute atomic E-state index is 4.29. The normalized spacial score (nSPS) is 28.3. The lowest BCUT2D eigenvalue weighted by molar-refractivity contribution is 0.741. The summed E-state index contributed by atoms with van der Waals surface area (Å²) in [6, 6.07) is 0.385. The van der Waals surface area contributed by atoms with Crippen LogP contribution in [0.4, 0.5) is 0 Å². The molecule has 0 aromatic heterocycles. The highest BCUT2D eigenvalue weighted by molar-refractivity contribution is 5.63. The zero-order chi connectivity index (χ0) is 7.68. The first-order valence-corrected chi connectivity index (χ1v) is 4.05. The Morgan fingerprint density at radius 2 is 2.55 bits per heavy atom. The van der Waals surface area contributed by atoms with Crippen molar-refractivity contribution < 1.29 is 0 Å². The zero-order valence-electron chi connectivity index (χ0n) is 6.67. The molecule has 0 saturated carbocycles. The number of nitrogens with one attached hydrogen (secondary N) is 1. The van der Waals surface area contributed by atoms with E-state index in [0.29, 0.717) is 6.04 Å². The summed E-state index contributed by atoms with van der Waals surface area (Å²) in [6.07, 6.45) is 8.48. The van der Waals surface area contributed by atoms with E-state index in [0.717, 1.165) is 6.42 Å². The largest absolute Gasteiger partial charge is 0.347 e. The summed E-state index contributed by atoms with van der Waals surface area (Å²) in [5, 5.41) is 3.15. The first-order valence-electron chi connectivity index (χ1n) is 4.05.